The molecule has 0 saturated heterocycles. The maximum absolute atomic E-state index is 7.89. The second-order valence-corrected chi connectivity index (χ2v) is 3.86. The van der Waals surface area contributed by atoms with Crippen LogP contribution in [0.4, 0.5) is 0 Å². The molecule has 15 heavy (non-hydrogen) atoms. The van der Waals surface area contributed by atoms with Gasteiger partial charge in [0.2, 0.25) is 0 Å². The minimum atomic E-state index is -2.09. The lowest BCUT2D eigenvalue weighted by molar-refractivity contribution is 0.641. The third kappa shape index (κ3) is 1.94. The first-order chi connectivity index (χ1) is 8.46. The van der Waals surface area contributed by atoms with Crippen molar-refractivity contribution in [2.45, 2.75) is 19.2 Å². The Hall–Kier alpha value is -1.56. The Morgan fingerprint density at radius 1 is 0.800 bits per heavy atom. The molecule has 0 amide bonds. The van der Waals surface area contributed by atoms with Crippen molar-refractivity contribution in [3.8, 4) is 0 Å². The molecule has 76 valence electrons. The lowest BCUT2D eigenvalue weighted by Gasteiger charge is -2.25. The second kappa shape index (κ2) is 3.90. The predicted octanol–water partition coefficient (Wildman–Crippen LogP) is 4.01. The van der Waals surface area contributed by atoms with Crippen LogP contribution >= 0.6 is 0 Å². The van der Waals surface area contributed by atoms with Crippen molar-refractivity contribution in [2.75, 3.05) is 0 Å². The molecule has 0 N–H and O–H groups in total. The summed E-state index contributed by atoms with van der Waals surface area (Å²) in [5.41, 5.74) is 0.655. The van der Waals surface area contributed by atoms with E-state index in [0.29, 0.717) is 0 Å². The Labute approximate surface area is 95.8 Å². The van der Waals surface area contributed by atoms with E-state index in [2.05, 4.69) is 0 Å². The summed E-state index contributed by atoms with van der Waals surface area (Å²) < 4.78 is 23.7. The third-order valence-corrected chi connectivity index (χ3v) is 2.70. The van der Waals surface area contributed by atoms with Crippen LogP contribution in [0.5, 0.6) is 0 Å². The Morgan fingerprint density at radius 3 is 1.53 bits per heavy atom. The zero-order valence-corrected chi connectivity index (χ0v) is 8.77. The Morgan fingerprint density at radius 2 is 1.20 bits per heavy atom. The highest BCUT2D eigenvalue weighted by Crippen LogP contribution is 2.30. The largest absolute Gasteiger partial charge is 0.0622 e. The first-order valence-corrected chi connectivity index (χ1v) is 5.07. The molecule has 2 aromatic carbocycles. The molecule has 0 aromatic heterocycles. The lowest BCUT2D eigenvalue weighted by atomic mass is 9.78. The van der Waals surface area contributed by atoms with Crippen LogP contribution in [0.15, 0.2) is 60.7 Å². The van der Waals surface area contributed by atoms with Crippen LogP contribution in [0.1, 0.15) is 29.0 Å². The van der Waals surface area contributed by atoms with Gasteiger partial charge in [0.05, 0.1) is 0 Å². The van der Waals surface area contributed by atoms with E-state index in [1.807, 2.05) is 60.7 Å². The van der Waals surface area contributed by atoms with Gasteiger partial charge in [0.25, 0.3) is 0 Å². The first-order valence-electron chi connectivity index (χ1n) is 6.57. The molecular weight excluding hydrogens is 180 g/mol. The SMILES string of the molecule is [2H]C([2H])([2H])C(C)(c1ccccc1)c1ccccc1. The minimum Gasteiger partial charge on any atom is -0.0622 e. The summed E-state index contributed by atoms with van der Waals surface area (Å²) in [6.45, 7) is -0.305. The maximum atomic E-state index is 7.89. The first kappa shape index (κ1) is 6.84. The van der Waals surface area contributed by atoms with Crippen molar-refractivity contribution in [1.82, 2.24) is 0 Å². The fourth-order valence-electron chi connectivity index (χ4n) is 1.71. The number of rotatable bonds is 2. The summed E-state index contributed by atoms with van der Waals surface area (Å²) in [5, 5.41) is 0. The van der Waals surface area contributed by atoms with E-state index >= 15 is 0 Å². The molecule has 0 aliphatic carbocycles. The van der Waals surface area contributed by atoms with Crippen molar-refractivity contribution < 1.29 is 4.11 Å². The number of hydrogen-bond donors (Lipinski definition) is 0. The van der Waals surface area contributed by atoms with E-state index in [9.17, 15) is 0 Å². The monoisotopic (exact) mass is 199 g/mol. The molecule has 0 aliphatic heterocycles. The van der Waals surface area contributed by atoms with Gasteiger partial charge >= 0.3 is 0 Å². The van der Waals surface area contributed by atoms with E-state index in [-0.39, 0.29) is 0 Å². The summed E-state index contributed by atoms with van der Waals surface area (Å²) in [4.78, 5) is 0. The normalized spacial score (nSPS) is 15.1. The molecule has 0 unspecified atom stereocenters. The van der Waals surface area contributed by atoms with E-state index in [0.717, 1.165) is 11.1 Å². The lowest BCUT2D eigenvalue weighted by Crippen LogP contribution is -2.18. The van der Waals surface area contributed by atoms with Gasteiger partial charge < -0.3 is 0 Å². The third-order valence-electron chi connectivity index (χ3n) is 2.70. The molecular formula is C15H16. The van der Waals surface area contributed by atoms with E-state index in [4.69, 9.17) is 4.11 Å². The van der Waals surface area contributed by atoms with Crippen LogP contribution in [-0.4, -0.2) is 0 Å². The van der Waals surface area contributed by atoms with Gasteiger partial charge in [-0.3, -0.25) is 0 Å². The Balaban J connectivity index is 2.63. The summed E-state index contributed by atoms with van der Waals surface area (Å²) in [5.74, 6) is 0. The topological polar surface area (TPSA) is 0 Å². The summed E-state index contributed by atoms with van der Waals surface area (Å²) >= 11 is 0. The highest BCUT2D eigenvalue weighted by atomic mass is 14.2. The average Bonchev–Trinajstić information content (AvgIpc) is 2.38. The van der Waals surface area contributed by atoms with Gasteiger partial charge in [0.1, 0.15) is 0 Å². The zero-order valence-electron chi connectivity index (χ0n) is 11.8. The molecule has 0 heteroatoms. The van der Waals surface area contributed by atoms with Crippen LogP contribution in [0.3, 0.4) is 0 Å². The van der Waals surface area contributed by atoms with E-state index in [1.54, 1.807) is 6.92 Å². The van der Waals surface area contributed by atoms with Crippen LogP contribution in [0.2, 0.25) is 0 Å². The number of hydrogen-bond acceptors (Lipinski definition) is 0. The van der Waals surface area contributed by atoms with Gasteiger partial charge in [-0.15, -0.1) is 0 Å². The molecule has 0 aliphatic rings. The van der Waals surface area contributed by atoms with Crippen molar-refractivity contribution in [3.63, 3.8) is 0 Å². The van der Waals surface area contributed by atoms with Crippen LogP contribution in [-0.2, 0) is 5.41 Å². The van der Waals surface area contributed by atoms with Gasteiger partial charge in [-0.05, 0) is 11.1 Å². The Bertz CT molecular complexity index is 461. The van der Waals surface area contributed by atoms with Crippen LogP contribution in [0.25, 0.3) is 0 Å². The van der Waals surface area contributed by atoms with Gasteiger partial charge in [0.15, 0.2) is 0 Å². The quantitative estimate of drug-likeness (QED) is 0.685. The summed E-state index contributed by atoms with van der Waals surface area (Å²) in [6.07, 6.45) is 0. The predicted molar refractivity (Wildman–Crippen MR) is 65.0 cm³/mol. The highest BCUT2D eigenvalue weighted by molar-refractivity contribution is 5.36. The molecule has 2 rings (SSSR count). The highest BCUT2D eigenvalue weighted by Gasteiger charge is 2.21. The molecule has 0 spiro atoms. The van der Waals surface area contributed by atoms with Crippen molar-refractivity contribution in [2.24, 2.45) is 0 Å². The maximum Gasteiger partial charge on any atom is 0.0243 e. The molecule has 0 nitrogen and oxygen atoms in total. The van der Waals surface area contributed by atoms with E-state index < -0.39 is 12.3 Å². The fourth-order valence-corrected chi connectivity index (χ4v) is 1.71. The summed E-state index contributed by atoms with van der Waals surface area (Å²) in [7, 11) is 0. The molecule has 0 heterocycles. The minimum absolute atomic E-state index is 0.816. The van der Waals surface area contributed by atoms with E-state index in [1.165, 1.54) is 0 Å². The average molecular weight is 199 g/mol. The fraction of sp³-hybridized carbons (Fsp3) is 0.200. The van der Waals surface area contributed by atoms with Gasteiger partial charge in [-0.1, -0.05) is 74.4 Å². The van der Waals surface area contributed by atoms with Crippen LogP contribution in [0, 0.1) is 0 Å². The molecule has 0 atom stereocenters. The van der Waals surface area contributed by atoms with Gasteiger partial charge in [0, 0.05) is 9.53 Å². The number of benzene rings is 2. The molecule has 0 fully saturated rings. The van der Waals surface area contributed by atoms with Crippen LogP contribution < -0.4 is 0 Å². The summed E-state index contributed by atoms with van der Waals surface area (Å²) in [6, 6.07) is 18.8. The smallest absolute Gasteiger partial charge is 0.0243 e. The molecule has 0 radical (unpaired) electrons. The standard InChI is InChI=1S/C15H16/c1-15(2,13-9-5-3-6-10-13)14-11-7-4-8-12-14/h3-12H,1-2H3/i1D3. The molecule has 0 bridgehead atoms. The Kier molecular flexibility index (Phi) is 1.78. The van der Waals surface area contributed by atoms with Gasteiger partial charge in [-0.25, -0.2) is 0 Å². The van der Waals surface area contributed by atoms with Crippen molar-refractivity contribution >= 4 is 0 Å². The second-order valence-electron chi connectivity index (χ2n) is 3.86. The van der Waals surface area contributed by atoms with Gasteiger partial charge in [-0.2, -0.15) is 0 Å². The molecule has 2 aromatic rings. The van der Waals surface area contributed by atoms with Crippen molar-refractivity contribution in [1.29, 1.82) is 0 Å². The molecule has 0 saturated carbocycles. The zero-order chi connectivity index (χ0) is 13.2. The van der Waals surface area contributed by atoms with Crippen molar-refractivity contribution in [3.05, 3.63) is 71.8 Å².